The Morgan fingerprint density at radius 1 is 1.10 bits per heavy atom. The lowest BCUT2D eigenvalue weighted by molar-refractivity contribution is 0.102. The maximum Gasteiger partial charge on any atom is 0.257 e. The molecule has 1 aliphatic carbocycles. The number of hydrogen-bond acceptors (Lipinski definition) is 5. The summed E-state index contributed by atoms with van der Waals surface area (Å²) in [6.07, 6.45) is 4.16. The van der Waals surface area contributed by atoms with E-state index in [-0.39, 0.29) is 22.0 Å². The summed E-state index contributed by atoms with van der Waals surface area (Å²) in [5.41, 5.74) is 2.07. The van der Waals surface area contributed by atoms with Gasteiger partial charge in [0.1, 0.15) is 4.90 Å². The first kappa shape index (κ1) is 21.0. The molecule has 9 heteroatoms. The number of halogens is 1. The van der Waals surface area contributed by atoms with E-state index in [0.29, 0.717) is 5.13 Å². The van der Waals surface area contributed by atoms with Gasteiger partial charge in [-0.15, -0.1) is 11.3 Å². The molecule has 0 saturated carbocycles. The van der Waals surface area contributed by atoms with Crippen molar-refractivity contribution in [2.24, 2.45) is 0 Å². The minimum absolute atomic E-state index is 0.0526. The van der Waals surface area contributed by atoms with Crippen molar-refractivity contribution in [2.75, 3.05) is 5.32 Å². The number of anilines is 1. The summed E-state index contributed by atoms with van der Waals surface area (Å²) >= 11 is 7.61. The molecule has 0 fully saturated rings. The number of carbonyl (C=O) groups excluding carboxylic acids is 1. The zero-order chi connectivity index (χ0) is 21.1. The second kappa shape index (κ2) is 8.85. The third kappa shape index (κ3) is 4.73. The molecule has 0 spiro atoms. The highest BCUT2D eigenvalue weighted by atomic mass is 35.5. The van der Waals surface area contributed by atoms with Crippen molar-refractivity contribution in [1.29, 1.82) is 0 Å². The van der Waals surface area contributed by atoms with Gasteiger partial charge in [-0.05, 0) is 49.4 Å². The van der Waals surface area contributed by atoms with Crippen molar-refractivity contribution in [3.8, 4) is 0 Å². The summed E-state index contributed by atoms with van der Waals surface area (Å²) in [6, 6.07) is 13.4. The van der Waals surface area contributed by atoms with Crippen molar-refractivity contribution in [3.05, 3.63) is 75.3 Å². The number of fused-ring (bicyclic) bond motifs is 1. The molecule has 1 aliphatic rings. The van der Waals surface area contributed by atoms with Crippen LogP contribution in [0.15, 0.2) is 53.4 Å². The SMILES string of the molecule is O=C(Nc1nc2c(s1)CCCC2)c1ccc(Cl)c(S(=O)(=O)NCc2ccccc2)c1. The maximum atomic E-state index is 12.8. The van der Waals surface area contributed by atoms with E-state index in [2.05, 4.69) is 15.0 Å². The van der Waals surface area contributed by atoms with Crippen LogP contribution in [0.4, 0.5) is 5.13 Å². The monoisotopic (exact) mass is 461 g/mol. The summed E-state index contributed by atoms with van der Waals surface area (Å²) in [4.78, 5) is 18.3. The summed E-state index contributed by atoms with van der Waals surface area (Å²) in [5, 5.41) is 3.37. The highest BCUT2D eigenvalue weighted by Gasteiger charge is 2.21. The lowest BCUT2D eigenvalue weighted by Crippen LogP contribution is -2.24. The second-order valence-electron chi connectivity index (χ2n) is 7.01. The van der Waals surface area contributed by atoms with Crippen molar-refractivity contribution in [1.82, 2.24) is 9.71 Å². The van der Waals surface area contributed by atoms with Crippen LogP contribution in [0.3, 0.4) is 0 Å². The predicted octanol–water partition coefficient (Wildman–Crippen LogP) is 4.41. The van der Waals surface area contributed by atoms with E-state index in [1.807, 2.05) is 30.3 Å². The maximum absolute atomic E-state index is 12.8. The summed E-state index contributed by atoms with van der Waals surface area (Å²) in [7, 11) is -3.90. The van der Waals surface area contributed by atoms with Gasteiger partial charge in [-0.2, -0.15) is 0 Å². The molecule has 4 rings (SSSR count). The molecule has 0 saturated heterocycles. The van der Waals surface area contributed by atoms with Crippen molar-refractivity contribution in [3.63, 3.8) is 0 Å². The first-order valence-corrected chi connectivity index (χ1v) is 12.2. The van der Waals surface area contributed by atoms with Gasteiger partial charge in [0.25, 0.3) is 5.91 Å². The molecule has 1 amide bonds. The molecule has 0 atom stereocenters. The van der Waals surface area contributed by atoms with Crippen LogP contribution in [0.1, 0.15) is 39.3 Å². The standard InChI is InChI=1S/C21H20ClN3O3S2/c22-16-11-10-15(20(26)25-21-24-17-8-4-5-9-18(17)29-21)12-19(16)30(27,28)23-13-14-6-2-1-3-7-14/h1-3,6-7,10-12,23H,4-5,8-9,13H2,(H,24,25,26). The number of amides is 1. The van der Waals surface area contributed by atoms with Gasteiger partial charge in [0, 0.05) is 17.0 Å². The van der Waals surface area contributed by atoms with Gasteiger partial charge in [-0.1, -0.05) is 41.9 Å². The molecule has 1 aromatic heterocycles. The topological polar surface area (TPSA) is 88.2 Å². The van der Waals surface area contributed by atoms with E-state index >= 15 is 0 Å². The predicted molar refractivity (Wildman–Crippen MR) is 119 cm³/mol. The molecule has 0 bridgehead atoms. The summed E-state index contributed by atoms with van der Waals surface area (Å²) in [5.74, 6) is -0.419. The lowest BCUT2D eigenvalue weighted by atomic mass is 10.0. The van der Waals surface area contributed by atoms with Crippen molar-refractivity contribution < 1.29 is 13.2 Å². The molecule has 1 heterocycles. The Morgan fingerprint density at radius 3 is 2.63 bits per heavy atom. The Labute approximate surface area is 184 Å². The zero-order valence-electron chi connectivity index (χ0n) is 16.0. The molecular weight excluding hydrogens is 442 g/mol. The van der Waals surface area contributed by atoms with Gasteiger partial charge in [0.05, 0.1) is 10.7 Å². The number of sulfonamides is 1. The van der Waals surface area contributed by atoms with Gasteiger partial charge < -0.3 is 0 Å². The highest BCUT2D eigenvalue weighted by Crippen LogP contribution is 2.30. The number of nitrogens with one attached hydrogen (secondary N) is 2. The minimum Gasteiger partial charge on any atom is -0.298 e. The number of nitrogens with zero attached hydrogens (tertiary/aromatic N) is 1. The van der Waals surface area contributed by atoms with E-state index in [9.17, 15) is 13.2 Å². The Kier molecular flexibility index (Phi) is 6.19. The van der Waals surface area contributed by atoms with Gasteiger partial charge in [0.15, 0.2) is 5.13 Å². The van der Waals surface area contributed by atoms with Crippen LogP contribution in [-0.4, -0.2) is 19.3 Å². The molecule has 0 aliphatic heterocycles. The van der Waals surface area contributed by atoms with E-state index in [1.54, 1.807) is 0 Å². The zero-order valence-corrected chi connectivity index (χ0v) is 18.4. The number of aryl methyl sites for hydroxylation is 2. The molecule has 30 heavy (non-hydrogen) atoms. The van der Waals surface area contributed by atoms with E-state index < -0.39 is 15.9 Å². The number of benzene rings is 2. The van der Waals surface area contributed by atoms with E-state index in [4.69, 9.17) is 11.6 Å². The molecule has 0 radical (unpaired) electrons. The van der Waals surface area contributed by atoms with Crippen LogP contribution in [0.5, 0.6) is 0 Å². The van der Waals surface area contributed by atoms with Crippen molar-refractivity contribution >= 4 is 44.0 Å². The average molecular weight is 462 g/mol. The first-order chi connectivity index (χ1) is 14.4. The van der Waals surface area contributed by atoms with Crippen LogP contribution in [0, 0.1) is 0 Å². The molecule has 0 unspecified atom stereocenters. The van der Waals surface area contributed by atoms with Gasteiger partial charge in [0.2, 0.25) is 10.0 Å². The van der Waals surface area contributed by atoms with Crippen LogP contribution in [0.25, 0.3) is 0 Å². The van der Waals surface area contributed by atoms with Gasteiger partial charge in [-0.25, -0.2) is 18.1 Å². The number of rotatable bonds is 6. The Hall–Kier alpha value is -2.26. The van der Waals surface area contributed by atoms with E-state index in [1.165, 1.54) is 34.4 Å². The minimum atomic E-state index is -3.90. The fourth-order valence-corrected chi connectivity index (χ4v) is 5.86. The summed E-state index contributed by atoms with van der Waals surface area (Å²) < 4.78 is 28.0. The van der Waals surface area contributed by atoms with Crippen molar-refractivity contribution in [2.45, 2.75) is 37.1 Å². The van der Waals surface area contributed by atoms with E-state index in [0.717, 1.165) is 36.9 Å². The van der Waals surface area contributed by atoms with Gasteiger partial charge >= 0.3 is 0 Å². The van der Waals surface area contributed by atoms with Crippen LogP contribution >= 0.6 is 22.9 Å². The highest BCUT2D eigenvalue weighted by molar-refractivity contribution is 7.89. The smallest absolute Gasteiger partial charge is 0.257 e. The average Bonchev–Trinajstić information content (AvgIpc) is 3.15. The van der Waals surface area contributed by atoms with Gasteiger partial charge in [-0.3, -0.25) is 10.1 Å². The lowest BCUT2D eigenvalue weighted by Gasteiger charge is -2.10. The molecule has 2 N–H and O–H groups in total. The number of aromatic nitrogens is 1. The van der Waals surface area contributed by atoms with Crippen LogP contribution in [0.2, 0.25) is 5.02 Å². The molecule has 3 aromatic rings. The Morgan fingerprint density at radius 2 is 1.87 bits per heavy atom. The Balaban J connectivity index is 1.51. The number of carbonyl (C=O) groups is 1. The number of hydrogen-bond donors (Lipinski definition) is 2. The molecule has 6 nitrogen and oxygen atoms in total. The first-order valence-electron chi connectivity index (χ1n) is 9.55. The quantitative estimate of drug-likeness (QED) is 0.569. The third-order valence-corrected chi connectivity index (χ3v) is 7.81. The molecular formula is C21H20ClN3O3S2. The second-order valence-corrected chi connectivity index (χ2v) is 10.2. The Bertz CT molecular complexity index is 1150. The third-order valence-electron chi connectivity index (χ3n) is 4.86. The molecule has 2 aromatic carbocycles. The normalized spacial score (nSPS) is 13.6. The summed E-state index contributed by atoms with van der Waals surface area (Å²) in [6.45, 7) is 0.126. The fourth-order valence-electron chi connectivity index (χ4n) is 3.28. The fraction of sp³-hybridized carbons (Fsp3) is 0.238. The molecule has 156 valence electrons. The van der Waals surface area contributed by atoms with Crippen LogP contribution < -0.4 is 10.0 Å². The van der Waals surface area contributed by atoms with Crippen LogP contribution in [-0.2, 0) is 29.4 Å². The largest absolute Gasteiger partial charge is 0.298 e. The number of thiazole rings is 1.